The molecule has 0 aromatic rings. The molecule has 2 atom stereocenters. The van der Waals surface area contributed by atoms with Crippen LogP contribution in [0.1, 0.15) is 53.4 Å². The third-order valence-electron chi connectivity index (χ3n) is 2.55. The second-order valence-electron chi connectivity index (χ2n) is 4.03. The molecule has 0 aromatic heterocycles. The zero-order chi connectivity index (χ0) is 10.8. The lowest BCUT2D eigenvalue weighted by atomic mass is 10.2. The Kier molecular flexibility index (Phi) is 10.1. The summed E-state index contributed by atoms with van der Waals surface area (Å²) in [6, 6.07) is 0.654. The molecule has 0 rings (SSSR count). The lowest BCUT2D eigenvalue weighted by Gasteiger charge is -2.20. The van der Waals surface area contributed by atoms with Crippen LogP contribution in [0.5, 0.6) is 0 Å². The van der Waals surface area contributed by atoms with E-state index in [1.165, 1.54) is 31.4 Å². The van der Waals surface area contributed by atoms with Crippen molar-refractivity contribution >= 4 is 11.8 Å². The number of hydrogen-bond acceptors (Lipinski definition) is 2. The molecule has 0 saturated carbocycles. The van der Waals surface area contributed by atoms with Crippen LogP contribution in [0.15, 0.2) is 0 Å². The molecule has 0 aliphatic heterocycles. The minimum Gasteiger partial charge on any atom is -0.313 e. The van der Waals surface area contributed by atoms with Crippen molar-refractivity contribution in [3.63, 3.8) is 0 Å². The third-order valence-corrected chi connectivity index (χ3v) is 4.01. The van der Waals surface area contributed by atoms with Crippen LogP contribution >= 0.6 is 11.8 Å². The fraction of sp³-hybridized carbons (Fsp3) is 1.00. The Morgan fingerprint density at radius 1 is 1.07 bits per heavy atom. The van der Waals surface area contributed by atoms with E-state index in [1.54, 1.807) is 0 Å². The second kappa shape index (κ2) is 9.85. The monoisotopic (exact) mass is 217 g/mol. The van der Waals surface area contributed by atoms with Gasteiger partial charge in [0.15, 0.2) is 0 Å². The topological polar surface area (TPSA) is 12.0 Å². The van der Waals surface area contributed by atoms with Gasteiger partial charge in [0.25, 0.3) is 0 Å². The van der Waals surface area contributed by atoms with Gasteiger partial charge in [-0.1, -0.05) is 33.6 Å². The van der Waals surface area contributed by atoms with Crippen LogP contribution in [0.2, 0.25) is 0 Å². The number of nitrogens with one attached hydrogen (secondary N) is 1. The van der Waals surface area contributed by atoms with Gasteiger partial charge >= 0.3 is 0 Å². The van der Waals surface area contributed by atoms with Crippen LogP contribution in [0.3, 0.4) is 0 Å². The summed E-state index contributed by atoms with van der Waals surface area (Å²) in [5.74, 6) is 1.33. The van der Waals surface area contributed by atoms with Gasteiger partial charge < -0.3 is 5.32 Å². The largest absolute Gasteiger partial charge is 0.313 e. The number of unbranched alkanes of at least 4 members (excludes halogenated alkanes) is 2. The zero-order valence-electron chi connectivity index (χ0n) is 10.3. The van der Waals surface area contributed by atoms with Crippen molar-refractivity contribution in [1.82, 2.24) is 5.32 Å². The molecule has 0 aliphatic carbocycles. The Balaban J connectivity index is 3.36. The summed E-state index contributed by atoms with van der Waals surface area (Å²) in [5.41, 5.74) is 0. The molecule has 1 nitrogen and oxygen atoms in total. The molecule has 0 spiro atoms. The highest BCUT2D eigenvalue weighted by atomic mass is 32.2. The number of hydrogen-bond donors (Lipinski definition) is 1. The van der Waals surface area contributed by atoms with Gasteiger partial charge in [0.05, 0.1) is 0 Å². The molecular weight excluding hydrogens is 190 g/mol. The van der Waals surface area contributed by atoms with Crippen LogP contribution in [0.25, 0.3) is 0 Å². The molecule has 2 unspecified atom stereocenters. The lowest BCUT2D eigenvalue weighted by molar-refractivity contribution is 0.542. The van der Waals surface area contributed by atoms with E-state index in [2.05, 4.69) is 44.8 Å². The van der Waals surface area contributed by atoms with Gasteiger partial charge in [0.2, 0.25) is 0 Å². The fourth-order valence-corrected chi connectivity index (χ4v) is 2.43. The molecule has 0 amide bonds. The van der Waals surface area contributed by atoms with Crippen molar-refractivity contribution in [2.24, 2.45) is 0 Å². The lowest BCUT2D eigenvalue weighted by Crippen LogP contribution is -2.34. The van der Waals surface area contributed by atoms with E-state index in [9.17, 15) is 0 Å². The van der Waals surface area contributed by atoms with E-state index < -0.39 is 0 Å². The Hall–Kier alpha value is 0.310. The Morgan fingerprint density at radius 2 is 1.79 bits per heavy atom. The maximum atomic E-state index is 3.55. The molecule has 0 saturated heterocycles. The van der Waals surface area contributed by atoms with Crippen LogP contribution in [0, 0.1) is 0 Å². The van der Waals surface area contributed by atoms with Gasteiger partial charge in [-0.15, -0.1) is 0 Å². The van der Waals surface area contributed by atoms with Crippen molar-refractivity contribution in [3.8, 4) is 0 Å². The molecule has 2 heteroatoms. The van der Waals surface area contributed by atoms with Crippen LogP contribution in [-0.2, 0) is 0 Å². The maximum absolute atomic E-state index is 3.55. The Morgan fingerprint density at radius 3 is 2.36 bits per heavy atom. The normalized spacial score (nSPS) is 15.4. The van der Waals surface area contributed by atoms with Gasteiger partial charge in [-0.2, -0.15) is 11.8 Å². The first-order valence-corrected chi connectivity index (χ1v) is 7.12. The van der Waals surface area contributed by atoms with E-state index in [0.29, 0.717) is 6.04 Å². The highest BCUT2D eigenvalue weighted by molar-refractivity contribution is 7.99. The first kappa shape index (κ1) is 14.3. The van der Waals surface area contributed by atoms with E-state index in [4.69, 9.17) is 0 Å². The van der Waals surface area contributed by atoms with Crippen molar-refractivity contribution in [2.75, 3.05) is 12.3 Å². The molecule has 86 valence electrons. The van der Waals surface area contributed by atoms with Gasteiger partial charge in [0.1, 0.15) is 0 Å². The SMILES string of the molecule is CCCCCSC(C)C(C)NCCC. The number of rotatable bonds is 9. The molecule has 0 aliphatic rings. The van der Waals surface area contributed by atoms with Crippen LogP contribution in [-0.4, -0.2) is 23.6 Å². The average Bonchev–Trinajstić information content (AvgIpc) is 2.20. The highest BCUT2D eigenvalue weighted by Crippen LogP contribution is 2.16. The average molecular weight is 217 g/mol. The van der Waals surface area contributed by atoms with Gasteiger partial charge in [-0.05, 0) is 32.1 Å². The minimum absolute atomic E-state index is 0.654. The van der Waals surface area contributed by atoms with Crippen LogP contribution < -0.4 is 5.32 Å². The summed E-state index contributed by atoms with van der Waals surface area (Å²) in [6.07, 6.45) is 5.33. The Labute approximate surface area is 94.4 Å². The zero-order valence-corrected chi connectivity index (χ0v) is 11.1. The summed E-state index contributed by atoms with van der Waals surface area (Å²) in [4.78, 5) is 0. The molecule has 0 fully saturated rings. The van der Waals surface area contributed by atoms with E-state index >= 15 is 0 Å². The molecule has 1 N–H and O–H groups in total. The molecule has 0 heterocycles. The summed E-state index contributed by atoms with van der Waals surface area (Å²) in [6.45, 7) is 10.3. The maximum Gasteiger partial charge on any atom is 0.0170 e. The van der Waals surface area contributed by atoms with Crippen molar-refractivity contribution < 1.29 is 0 Å². The van der Waals surface area contributed by atoms with E-state index in [-0.39, 0.29) is 0 Å². The van der Waals surface area contributed by atoms with Gasteiger partial charge in [-0.3, -0.25) is 0 Å². The molecule has 0 aromatic carbocycles. The summed E-state index contributed by atoms with van der Waals surface area (Å²) in [7, 11) is 0. The highest BCUT2D eigenvalue weighted by Gasteiger charge is 2.10. The fourth-order valence-electron chi connectivity index (χ4n) is 1.30. The minimum atomic E-state index is 0.654. The predicted molar refractivity (Wildman–Crippen MR) is 69.2 cm³/mol. The molecule has 0 radical (unpaired) electrons. The van der Waals surface area contributed by atoms with Crippen molar-refractivity contribution in [2.45, 2.75) is 64.7 Å². The van der Waals surface area contributed by atoms with Gasteiger partial charge in [0, 0.05) is 11.3 Å². The molecule has 0 bridgehead atoms. The summed E-state index contributed by atoms with van der Waals surface area (Å²) < 4.78 is 0. The third kappa shape index (κ3) is 7.69. The smallest absolute Gasteiger partial charge is 0.0170 e. The van der Waals surface area contributed by atoms with E-state index in [1.807, 2.05) is 0 Å². The first-order chi connectivity index (χ1) is 6.72. The van der Waals surface area contributed by atoms with Crippen molar-refractivity contribution in [3.05, 3.63) is 0 Å². The summed E-state index contributed by atoms with van der Waals surface area (Å²) >= 11 is 2.11. The first-order valence-electron chi connectivity index (χ1n) is 6.07. The molecular formula is C12H27NS. The van der Waals surface area contributed by atoms with Crippen molar-refractivity contribution in [1.29, 1.82) is 0 Å². The quantitative estimate of drug-likeness (QED) is 0.591. The Bertz CT molecular complexity index is 117. The van der Waals surface area contributed by atoms with Crippen LogP contribution in [0.4, 0.5) is 0 Å². The van der Waals surface area contributed by atoms with Gasteiger partial charge in [-0.25, -0.2) is 0 Å². The summed E-state index contributed by atoms with van der Waals surface area (Å²) in [5, 5.41) is 4.30. The standard InChI is InChI=1S/C12H27NS/c1-5-7-8-10-14-12(4)11(3)13-9-6-2/h11-13H,5-10H2,1-4H3. The number of thioether (sulfide) groups is 1. The van der Waals surface area contributed by atoms with E-state index in [0.717, 1.165) is 11.8 Å². The second-order valence-corrected chi connectivity index (χ2v) is 5.51. The molecule has 14 heavy (non-hydrogen) atoms. The predicted octanol–water partition coefficient (Wildman–Crippen LogP) is 3.69.